The number of rotatable bonds is 3. The first-order valence-electron chi connectivity index (χ1n) is 9.13. The van der Waals surface area contributed by atoms with Crippen LogP contribution in [0.25, 0.3) is 0 Å². The molecule has 0 spiro atoms. The second-order valence-corrected chi connectivity index (χ2v) is 7.57. The minimum atomic E-state index is -0.330. The highest BCUT2D eigenvalue weighted by atomic mass is 79.9. The fraction of sp³-hybridized carbons (Fsp3) is 0.333. The summed E-state index contributed by atoms with van der Waals surface area (Å²) >= 11 is 3.28. The lowest BCUT2D eigenvalue weighted by molar-refractivity contribution is -0.122. The van der Waals surface area contributed by atoms with Crippen molar-refractivity contribution in [1.82, 2.24) is 0 Å². The Morgan fingerprint density at radius 2 is 1.78 bits per heavy atom. The zero-order valence-electron chi connectivity index (χ0n) is 14.8. The molecule has 1 aliphatic carbocycles. The summed E-state index contributed by atoms with van der Waals surface area (Å²) in [5.41, 5.74) is 1.85. The van der Waals surface area contributed by atoms with Gasteiger partial charge in [0.1, 0.15) is 5.82 Å². The van der Waals surface area contributed by atoms with Crippen molar-refractivity contribution in [2.24, 2.45) is 5.92 Å². The van der Waals surface area contributed by atoms with Crippen LogP contribution < -0.4 is 9.80 Å². The van der Waals surface area contributed by atoms with Gasteiger partial charge >= 0.3 is 0 Å². The van der Waals surface area contributed by atoms with E-state index in [1.807, 2.05) is 24.3 Å². The van der Waals surface area contributed by atoms with Crippen LogP contribution in [0, 0.1) is 11.7 Å². The summed E-state index contributed by atoms with van der Waals surface area (Å²) in [5, 5.41) is 0.200. The minimum absolute atomic E-state index is 0.0296. The molecule has 1 unspecified atom stereocenters. The Hall–Kier alpha value is -2.21. The van der Waals surface area contributed by atoms with E-state index in [9.17, 15) is 14.0 Å². The average molecular weight is 431 g/mol. The lowest BCUT2D eigenvalue weighted by atomic mass is 10.0. The summed E-state index contributed by atoms with van der Waals surface area (Å²) in [6.45, 7) is 0.155. The van der Waals surface area contributed by atoms with E-state index >= 15 is 0 Å². The quantitative estimate of drug-likeness (QED) is 0.682. The van der Waals surface area contributed by atoms with E-state index in [4.69, 9.17) is 0 Å². The van der Waals surface area contributed by atoms with Crippen LogP contribution in [-0.4, -0.2) is 23.2 Å². The van der Waals surface area contributed by atoms with Gasteiger partial charge in [0.25, 0.3) is 0 Å². The van der Waals surface area contributed by atoms with E-state index in [0.717, 1.165) is 24.9 Å². The van der Waals surface area contributed by atoms with Crippen LogP contribution in [0.4, 0.5) is 15.8 Å². The molecule has 2 atom stereocenters. The predicted octanol–water partition coefficient (Wildman–Crippen LogP) is 4.27. The number of anilines is 2. The van der Waals surface area contributed by atoms with Crippen molar-refractivity contribution in [3.63, 3.8) is 0 Å². The Bertz CT molecular complexity index is 888. The summed E-state index contributed by atoms with van der Waals surface area (Å²) in [7, 11) is 0. The van der Waals surface area contributed by atoms with E-state index in [1.165, 1.54) is 6.07 Å². The Labute approximate surface area is 166 Å². The number of benzene rings is 2. The Balaban J connectivity index is 1.84. The van der Waals surface area contributed by atoms with E-state index < -0.39 is 0 Å². The third-order valence-electron chi connectivity index (χ3n) is 5.50. The Morgan fingerprint density at radius 1 is 1.07 bits per heavy atom. The second kappa shape index (κ2) is 7.43. The van der Waals surface area contributed by atoms with E-state index in [2.05, 4.69) is 15.9 Å². The van der Waals surface area contributed by atoms with E-state index in [-0.39, 0.29) is 41.5 Å². The predicted molar refractivity (Wildman–Crippen MR) is 106 cm³/mol. The average Bonchev–Trinajstić information content (AvgIpc) is 3.13. The normalized spacial score (nSPS) is 21.6. The van der Waals surface area contributed by atoms with Crippen molar-refractivity contribution < 1.29 is 14.0 Å². The number of hydrogen-bond acceptors (Lipinski definition) is 2. The second-order valence-electron chi connectivity index (χ2n) is 7.01. The third kappa shape index (κ3) is 3.16. The minimum Gasteiger partial charge on any atom is -0.306 e. The molecular formula is C21H20BrFN2O2. The maximum atomic E-state index is 14.3. The Morgan fingerprint density at radius 3 is 2.52 bits per heavy atom. The summed E-state index contributed by atoms with van der Waals surface area (Å²) in [5.74, 6) is -0.673. The third-order valence-corrected chi connectivity index (χ3v) is 5.98. The molecule has 0 radical (unpaired) electrons. The van der Waals surface area contributed by atoms with Gasteiger partial charge in [-0.15, -0.1) is 0 Å². The van der Waals surface area contributed by atoms with E-state index in [0.29, 0.717) is 11.3 Å². The molecule has 1 heterocycles. The van der Waals surface area contributed by atoms with Crippen LogP contribution in [-0.2, 0) is 16.1 Å². The number of halogens is 2. The lowest BCUT2D eigenvalue weighted by Crippen LogP contribution is -2.45. The van der Waals surface area contributed by atoms with Crippen LogP contribution in [0.5, 0.6) is 0 Å². The van der Waals surface area contributed by atoms with Gasteiger partial charge in [-0.25, -0.2) is 4.39 Å². The number of para-hydroxylation sites is 2. The Kier molecular flexibility index (Phi) is 5.00. The number of amides is 2. The number of carbonyl (C=O) groups excluding carboxylic acids is 2. The van der Waals surface area contributed by atoms with Crippen LogP contribution in [0.15, 0.2) is 48.5 Å². The number of hydrogen-bond donors (Lipinski definition) is 0. The molecule has 27 heavy (non-hydrogen) atoms. The molecule has 0 N–H and O–H groups in total. The van der Waals surface area contributed by atoms with Gasteiger partial charge in [-0.3, -0.25) is 9.59 Å². The summed E-state index contributed by atoms with van der Waals surface area (Å²) in [4.78, 5) is 29.6. The fourth-order valence-corrected chi connectivity index (χ4v) is 4.55. The van der Waals surface area contributed by atoms with Gasteiger partial charge in [-0.2, -0.15) is 0 Å². The van der Waals surface area contributed by atoms with Crippen molar-refractivity contribution in [2.45, 2.75) is 31.8 Å². The highest BCUT2D eigenvalue weighted by molar-refractivity contribution is 9.09. The van der Waals surface area contributed by atoms with Gasteiger partial charge in [-0.05, 0) is 31.0 Å². The van der Waals surface area contributed by atoms with Crippen molar-refractivity contribution in [1.29, 1.82) is 0 Å². The molecule has 2 aromatic rings. The lowest BCUT2D eigenvalue weighted by Gasteiger charge is -2.30. The molecule has 4 rings (SSSR count). The molecule has 1 fully saturated rings. The van der Waals surface area contributed by atoms with Gasteiger partial charge < -0.3 is 9.80 Å². The van der Waals surface area contributed by atoms with Crippen molar-refractivity contribution in [2.75, 3.05) is 15.1 Å². The van der Waals surface area contributed by atoms with Crippen molar-refractivity contribution >= 4 is 39.1 Å². The standard InChI is InChI=1S/C21H20BrFN2O2/c22-12-20(26)25-17-11-5-7-15(17)21(27)24(18-9-3-4-10-19(18)25)13-14-6-1-2-8-16(14)23/h1-4,6,8-10,15,17H,5,7,11-13H2/t15?,17-/m1/s1. The summed E-state index contributed by atoms with van der Waals surface area (Å²) < 4.78 is 14.3. The van der Waals surface area contributed by atoms with Gasteiger partial charge in [0, 0.05) is 11.6 Å². The first-order chi connectivity index (χ1) is 13.1. The van der Waals surface area contributed by atoms with Crippen molar-refractivity contribution in [3.05, 3.63) is 59.9 Å². The van der Waals surface area contributed by atoms with Gasteiger partial charge in [0.2, 0.25) is 11.8 Å². The number of carbonyl (C=O) groups is 2. The monoisotopic (exact) mass is 430 g/mol. The number of fused-ring (bicyclic) bond motifs is 2. The smallest absolute Gasteiger partial charge is 0.237 e. The molecule has 6 heteroatoms. The van der Waals surface area contributed by atoms with Crippen LogP contribution in [0.1, 0.15) is 24.8 Å². The fourth-order valence-electron chi connectivity index (χ4n) is 4.27. The van der Waals surface area contributed by atoms with Crippen LogP contribution in [0.2, 0.25) is 0 Å². The maximum absolute atomic E-state index is 14.3. The molecule has 4 nitrogen and oxygen atoms in total. The molecule has 0 aromatic heterocycles. The van der Waals surface area contributed by atoms with Gasteiger partial charge in [0.15, 0.2) is 0 Å². The number of nitrogens with zero attached hydrogens (tertiary/aromatic N) is 2. The molecule has 2 aliphatic rings. The van der Waals surface area contributed by atoms with Gasteiger partial charge in [-0.1, -0.05) is 52.7 Å². The molecule has 1 aliphatic heterocycles. The molecule has 2 aromatic carbocycles. The zero-order valence-corrected chi connectivity index (χ0v) is 16.4. The van der Waals surface area contributed by atoms with Gasteiger partial charge in [0.05, 0.1) is 29.2 Å². The van der Waals surface area contributed by atoms with Crippen molar-refractivity contribution in [3.8, 4) is 0 Å². The number of alkyl halides is 1. The summed E-state index contributed by atoms with van der Waals surface area (Å²) in [6.07, 6.45) is 2.46. The topological polar surface area (TPSA) is 40.6 Å². The van der Waals surface area contributed by atoms with E-state index in [1.54, 1.807) is 28.0 Å². The zero-order chi connectivity index (χ0) is 19.0. The highest BCUT2D eigenvalue weighted by Crippen LogP contribution is 2.43. The SMILES string of the molecule is O=C1C2CCC[C@H]2N(C(=O)CBr)c2ccccc2N1Cc1ccccc1F. The first kappa shape index (κ1) is 18.2. The molecule has 1 saturated carbocycles. The maximum Gasteiger partial charge on any atom is 0.237 e. The molecular weight excluding hydrogens is 411 g/mol. The summed E-state index contributed by atoms with van der Waals surface area (Å²) in [6, 6.07) is 13.8. The van der Waals surface area contributed by atoms with Crippen LogP contribution >= 0.6 is 15.9 Å². The van der Waals surface area contributed by atoms with Crippen LogP contribution in [0.3, 0.4) is 0 Å². The molecule has 2 amide bonds. The largest absolute Gasteiger partial charge is 0.306 e. The molecule has 140 valence electrons. The first-order valence-corrected chi connectivity index (χ1v) is 10.3. The molecule has 0 saturated heterocycles. The molecule has 0 bridgehead atoms. The highest BCUT2D eigenvalue weighted by Gasteiger charge is 2.45.